The Labute approximate surface area is 290 Å². The monoisotopic (exact) mass is 688 g/mol. The average molecular weight is 689 g/mol. The van der Waals surface area contributed by atoms with Gasteiger partial charge in [0.25, 0.3) is 5.09 Å². The summed E-state index contributed by atoms with van der Waals surface area (Å²) >= 11 is 0. The topological polar surface area (TPSA) is 175 Å². The summed E-state index contributed by atoms with van der Waals surface area (Å²) in [5.41, 5.74) is 1.13. The molecule has 1 fully saturated rings. The standard InChI is InChI=1S/C37H56N2O10/c1-2-38-35(42)19-11-4-3-10-18-31-32(34(41)28-33(31)40)25-24-30(23-22-29-16-8-5-9-17-29)49-37(44)21-13-6-14-26-47-36(43)20-12-7-15-27-48-39(45)46/h3,5,8-10,16-17,24-25,30-34,40-41H,2,4,6-7,11-15,18-23,26-28H2,1H3,(H,38,42)/b10-3-,25-24+/t30-,31+,32+,33-,34+/m0/s1. The van der Waals surface area contributed by atoms with Gasteiger partial charge in [-0.05, 0) is 88.7 Å². The zero-order chi connectivity index (χ0) is 35.7. The Morgan fingerprint density at radius 3 is 2.37 bits per heavy atom. The van der Waals surface area contributed by atoms with E-state index in [0.29, 0.717) is 70.8 Å². The van der Waals surface area contributed by atoms with Gasteiger partial charge in [-0.2, -0.15) is 0 Å². The van der Waals surface area contributed by atoms with E-state index in [0.717, 1.165) is 18.4 Å². The molecule has 3 N–H and O–H groups in total. The average Bonchev–Trinajstić information content (AvgIpc) is 3.34. The molecular formula is C37H56N2O10. The predicted octanol–water partition coefficient (Wildman–Crippen LogP) is 5.57. The molecule has 0 spiro atoms. The van der Waals surface area contributed by atoms with Gasteiger partial charge in [-0.3, -0.25) is 14.4 Å². The summed E-state index contributed by atoms with van der Waals surface area (Å²) in [6.07, 6.45) is 14.2. The number of aryl methyl sites for hydroxylation is 1. The van der Waals surface area contributed by atoms with Crippen molar-refractivity contribution in [2.24, 2.45) is 11.8 Å². The number of aliphatic hydroxyl groups excluding tert-OH is 2. The molecule has 1 aliphatic carbocycles. The molecule has 1 amide bonds. The van der Waals surface area contributed by atoms with Crippen LogP contribution in [0.1, 0.15) is 102 Å². The number of hydrogen-bond donors (Lipinski definition) is 3. The summed E-state index contributed by atoms with van der Waals surface area (Å²) in [6, 6.07) is 9.94. The van der Waals surface area contributed by atoms with Crippen LogP contribution in [0.2, 0.25) is 0 Å². The van der Waals surface area contributed by atoms with Crippen molar-refractivity contribution < 1.29 is 44.0 Å². The molecule has 1 saturated carbocycles. The number of ether oxygens (including phenoxy) is 2. The molecule has 1 aromatic rings. The van der Waals surface area contributed by atoms with Crippen molar-refractivity contribution in [2.75, 3.05) is 19.8 Å². The van der Waals surface area contributed by atoms with E-state index in [4.69, 9.17) is 9.47 Å². The lowest BCUT2D eigenvalue weighted by atomic mass is 9.89. The van der Waals surface area contributed by atoms with Crippen LogP contribution < -0.4 is 5.32 Å². The fraction of sp³-hybridized carbons (Fsp3) is 0.649. The van der Waals surface area contributed by atoms with Crippen LogP contribution in [-0.2, 0) is 35.1 Å². The quantitative estimate of drug-likeness (QED) is 0.0367. The largest absolute Gasteiger partial charge is 0.466 e. The van der Waals surface area contributed by atoms with E-state index in [1.807, 2.05) is 61.6 Å². The Kier molecular flexibility index (Phi) is 21.3. The third-order valence-corrected chi connectivity index (χ3v) is 8.54. The third kappa shape index (κ3) is 19.1. The lowest BCUT2D eigenvalue weighted by molar-refractivity contribution is -0.757. The van der Waals surface area contributed by atoms with E-state index in [9.17, 15) is 34.7 Å². The highest BCUT2D eigenvalue weighted by atomic mass is 16.9. The first-order valence-corrected chi connectivity index (χ1v) is 17.8. The predicted molar refractivity (Wildman–Crippen MR) is 185 cm³/mol. The molecule has 0 heterocycles. The second-order valence-electron chi connectivity index (χ2n) is 12.5. The number of hydrogen-bond acceptors (Lipinski definition) is 10. The van der Waals surface area contributed by atoms with Crippen molar-refractivity contribution >= 4 is 17.8 Å². The van der Waals surface area contributed by atoms with Gasteiger partial charge in [0.15, 0.2) is 0 Å². The van der Waals surface area contributed by atoms with Crippen molar-refractivity contribution in [1.82, 2.24) is 5.32 Å². The van der Waals surface area contributed by atoms with Gasteiger partial charge in [0.1, 0.15) is 6.10 Å². The SMILES string of the molecule is CCNC(=O)CCC/C=C\C[C@@H]1[C@@H](/C=C/[C@H](CCc2ccccc2)OC(=O)CCCCCOC(=O)CCCCCO[N+](=O)[O-])[C@H](O)C[C@@H]1O. The Balaban J connectivity index is 1.80. The number of nitrogens with one attached hydrogen (secondary N) is 1. The van der Waals surface area contributed by atoms with Gasteiger partial charge < -0.3 is 29.8 Å². The highest BCUT2D eigenvalue weighted by Gasteiger charge is 2.39. The van der Waals surface area contributed by atoms with Gasteiger partial charge in [-0.1, -0.05) is 55.0 Å². The summed E-state index contributed by atoms with van der Waals surface area (Å²) < 4.78 is 11.1. The first-order valence-electron chi connectivity index (χ1n) is 17.8. The molecule has 274 valence electrons. The molecule has 0 radical (unpaired) electrons. The molecule has 12 heteroatoms. The van der Waals surface area contributed by atoms with Crippen molar-refractivity contribution in [3.05, 3.63) is 70.3 Å². The number of nitrogens with zero attached hydrogens (tertiary/aromatic N) is 1. The number of benzene rings is 1. The zero-order valence-electron chi connectivity index (χ0n) is 28.9. The van der Waals surface area contributed by atoms with Gasteiger partial charge in [0.2, 0.25) is 5.91 Å². The minimum atomic E-state index is -0.830. The van der Waals surface area contributed by atoms with Crippen molar-refractivity contribution in [2.45, 2.75) is 122 Å². The number of carbonyl (C=O) groups excluding carboxylic acids is 3. The van der Waals surface area contributed by atoms with Crippen LogP contribution in [0.4, 0.5) is 0 Å². The number of amides is 1. The Morgan fingerprint density at radius 1 is 0.939 bits per heavy atom. The van der Waals surface area contributed by atoms with Gasteiger partial charge >= 0.3 is 11.9 Å². The molecule has 0 aromatic heterocycles. The van der Waals surface area contributed by atoms with E-state index in [1.54, 1.807) is 0 Å². The molecule has 49 heavy (non-hydrogen) atoms. The van der Waals surface area contributed by atoms with Gasteiger partial charge in [0.05, 0.1) is 25.4 Å². The van der Waals surface area contributed by atoms with Crippen LogP contribution in [-0.4, -0.2) is 71.2 Å². The third-order valence-electron chi connectivity index (χ3n) is 8.54. The Morgan fingerprint density at radius 2 is 1.65 bits per heavy atom. The number of esters is 2. The summed E-state index contributed by atoms with van der Waals surface area (Å²) in [4.78, 5) is 50.7. The van der Waals surface area contributed by atoms with E-state index in [2.05, 4.69) is 10.2 Å². The van der Waals surface area contributed by atoms with E-state index >= 15 is 0 Å². The van der Waals surface area contributed by atoms with E-state index in [1.165, 1.54) is 0 Å². The highest BCUT2D eigenvalue weighted by Crippen LogP contribution is 2.36. The van der Waals surface area contributed by atoms with Crippen molar-refractivity contribution in [3.8, 4) is 0 Å². The van der Waals surface area contributed by atoms with Gasteiger partial charge in [0, 0.05) is 38.1 Å². The molecule has 12 nitrogen and oxygen atoms in total. The lowest BCUT2D eigenvalue weighted by Gasteiger charge is -2.21. The maximum atomic E-state index is 12.8. The summed E-state index contributed by atoms with van der Waals surface area (Å²) in [7, 11) is 0. The van der Waals surface area contributed by atoms with E-state index < -0.39 is 23.4 Å². The summed E-state index contributed by atoms with van der Waals surface area (Å²) in [6.45, 7) is 2.80. The normalized spacial score (nSPS) is 19.6. The maximum absolute atomic E-state index is 12.8. The molecule has 2 rings (SSSR count). The summed E-state index contributed by atoms with van der Waals surface area (Å²) in [5, 5.41) is 33.5. The second-order valence-corrected chi connectivity index (χ2v) is 12.5. The minimum Gasteiger partial charge on any atom is -0.466 e. The van der Waals surface area contributed by atoms with Crippen LogP contribution in [0.25, 0.3) is 0 Å². The number of rotatable bonds is 26. The number of allylic oxidation sites excluding steroid dienone is 2. The molecule has 1 aliphatic rings. The molecule has 0 aliphatic heterocycles. The molecule has 1 aromatic carbocycles. The second kappa shape index (κ2) is 25.2. The molecule has 0 unspecified atom stereocenters. The maximum Gasteiger partial charge on any atom is 0.306 e. The Hall–Kier alpha value is -3.77. The number of carbonyl (C=O) groups is 3. The number of unbranched alkanes of at least 4 members (excludes halogenated alkanes) is 5. The summed E-state index contributed by atoms with van der Waals surface area (Å²) in [5.74, 6) is -1.03. The lowest BCUT2D eigenvalue weighted by Crippen LogP contribution is -2.22. The van der Waals surface area contributed by atoms with Crippen LogP contribution in [0.15, 0.2) is 54.6 Å². The molecular weight excluding hydrogens is 632 g/mol. The highest BCUT2D eigenvalue weighted by molar-refractivity contribution is 5.75. The first-order chi connectivity index (χ1) is 23.7. The van der Waals surface area contributed by atoms with Crippen LogP contribution in [0.5, 0.6) is 0 Å². The fourth-order valence-corrected chi connectivity index (χ4v) is 5.87. The molecule has 5 atom stereocenters. The van der Waals surface area contributed by atoms with Crippen LogP contribution >= 0.6 is 0 Å². The zero-order valence-corrected chi connectivity index (χ0v) is 28.9. The number of aliphatic hydroxyl groups is 2. The molecule has 0 bridgehead atoms. The minimum absolute atomic E-state index is 0.0186. The fourth-order valence-electron chi connectivity index (χ4n) is 5.87. The van der Waals surface area contributed by atoms with Crippen LogP contribution in [0, 0.1) is 22.0 Å². The van der Waals surface area contributed by atoms with E-state index in [-0.39, 0.29) is 62.2 Å². The molecule has 0 saturated heterocycles. The van der Waals surface area contributed by atoms with Gasteiger partial charge in [-0.25, -0.2) is 0 Å². The smallest absolute Gasteiger partial charge is 0.306 e. The van der Waals surface area contributed by atoms with Gasteiger partial charge in [-0.15, -0.1) is 10.1 Å². The Bertz CT molecular complexity index is 1160. The van der Waals surface area contributed by atoms with Crippen LogP contribution in [0.3, 0.4) is 0 Å². The van der Waals surface area contributed by atoms with Crippen molar-refractivity contribution in [3.63, 3.8) is 0 Å². The van der Waals surface area contributed by atoms with Crippen molar-refractivity contribution in [1.29, 1.82) is 0 Å². The first kappa shape index (κ1) is 41.4.